The van der Waals surface area contributed by atoms with Crippen molar-refractivity contribution in [3.8, 4) is 6.07 Å². The minimum absolute atomic E-state index is 1.03. The van der Waals surface area contributed by atoms with E-state index in [1.54, 1.807) is 12.2 Å². The third-order valence-corrected chi connectivity index (χ3v) is 1.42. The highest BCUT2D eigenvalue weighted by atomic mass is 127. The molecule has 0 fully saturated rings. The molecular weight excluding hydrogens is 225 g/mol. The predicted octanol–water partition coefficient (Wildman–Crippen LogP) is 2.57. The van der Waals surface area contributed by atoms with Crippen LogP contribution in [0.1, 0.15) is 0 Å². The Kier molecular flexibility index (Phi) is 5.23. The summed E-state index contributed by atoms with van der Waals surface area (Å²) in [6, 6.07) is 1.88. The number of hydrogen-bond donors (Lipinski definition) is 0. The van der Waals surface area contributed by atoms with Gasteiger partial charge in [-0.15, -0.1) is 0 Å². The molecule has 0 radical (unpaired) electrons. The standard InChI is InChI=1S/C7H6IN/c1-2-7(8)5-3-4-6-9/h2-5H,1H2/b4-3+,7-5+. The molecular formula is C7H6IN. The van der Waals surface area contributed by atoms with Crippen molar-refractivity contribution in [2.45, 2.75) is 0 Å². The van der Waals surface area contributed by atoms with Crippen LogP contribution in [0.4, 0.5) is 0 Å². The Labute approximate surface area is 68.5 Å². The number of allylic oxidation sites excluding steroid dienone is 5. The van der Waals surface area contributed by atoms with E-state index in [1.807, 2.05) is 12.1 Å². The molecule has 9 heavy (non-hydrogen) atoms. The fourth-order valence-electron chi connectivity index (χ4n) is 0.251. The van der Waals surface area contributed by atoms with Gasteiger partial charge in [-0.25, -0.2) is 0 Å². The van der Waals surface area contributed by atoms with Gasteiger partial charge >= 0.3 is 0 Å². The van der Waals surface area contributed by atoms with Crippen LogP contribution in [-0.4, -0.2) is 0 Å². The minimum atomic E-state index is 1.03. The molecule has 0 bridgehead atoms. The van der Waals surface area contributed by atoms with E-state index in [2.05, 4.69) is 29.2 Å². The molecule has 0 aliphatic carbocycles. The molecule has 0 spiro atoms. The monoisotopic (exact) mass is 231 g/mol. The fourth-order valence-corrected chi connectivity index (χ4v) is 0.459. The lowest BCUT2D eigenvalue weighted by molar-refractivity contribution is 1.53. The summed E-state index contributed by atoms with van der Waals surface area (Å²) in [4.78, 5) is 0. The van der Waals surface area contributed by atoms with Crippen molar-refractivity contribution in [3.05, 3.63) is 34.5 Å². The Balaban J connectivity index is 3.86. The molecule has 0 aliphatic heterocycles. The van der Waals surface area contributed by atoms with Crippen LogP contribution in [0.2, 0.25) is 0 Å². The topological polar surface area (TPSA) is 23.8 Å². The van der Waals surface area contributed by atoms with E-state index in [9.17, 15) is 0 Å². The molecule has 0 aromatic carbocycles. The average molecular weight is 231 g/mol. The molecule has 0 aliphatic rings. The van der Waals surface area contributed by atoms with E-state index in [1.165, 1.54) is 6.08 Å². The van der Waals surface area contributed by atoms with Crippen LogP contribution in [0.3, 0.4) is 0 Å². The van der Waals surface area contributed by atoms with Gasteiger partial charge in [0.25, 0.3) is 0 Å². The summed E-state index contributed by atoms with van der Waals surface area (Å²) in [6.07, 6.45) is 6.64. The fraction of sp³-hybridized carbons (Fsp3) is 0. The predicted molar refractivity (Wildman–Crippen MR) is 47.1 cm³/mol. The maximum absolute atomic E-state index is 8.06. The Morgan fingerprint density at radius 2 is 2.33 bits per heavy atom. The summed E-state index contributed by atoms with van der Waals surface area (Å²) in [5.74, 6) is 0. The summed E-state index contributed by atoms with van der Waals surface area (Å²) < 4.78 is 1.03. The quantitative estimate of drug-likeness (QED) is 0.407. The van der Waals surface area contributed by atoms with Crippen LogP contribution < -0.4 is 0 Å². The molecule has 0 saturated heterocycles. The van der Waals surface area contributed by atoms with E-state index in [4.69, 9.17) is 5.26 Å². The third-order valence-electron chi connectivity index (χ3n) is 0.621. The molecule has 2 heteroatoms. The second-order valence-corrected chi connectivity index (χ2v) is 2.49. The Morgan fingerprint density at radius 3 is 2.78 bits per heavy atom. The van der Waals surface area contributed by atoms with Crippen molar-refractivity contribution in [2.24, 2.45) is 0 Å². The molecule has 0 aromatic heterocycles. The first-order chi connectivity index (χ1) is 4.31. The van der Waals surface area contributed by atoms with Gasteiger partial charge in [-0.05, 0) is 28.7 Å². The average Bonchev–Trinajstić information content (AvgIpc) is 1.89. The molecule has 0 aromatic rings. The number of nitrogens with zero attached hydrogens (tertiary/aromatic N) is 1. The normalized spacial score (nSPS) is 11.3. The summed E-state index contributed by atoms with van der Waals surface area (Å²) in [7, 11) is 0. The van der Waals surface area contributed by atoms with Crippen molar-refractivity contribution >= 4 is 22.6 Å². The van der Waals surface area contributed by atoms with Gasteiger partial charge in [-0.2, -0.15) is 5.26 Å². The minimum Gasteiger partial charge on any atom is -0.193 e. The summed E-state index contributed by atoms with van der Waals surface area (Å²) in [5.41, 5.74) is 0. The van der Waals surface area contributed by atoms with Crippen molar-refractivity contribution < 1.29 is 0 Å². The number of rotatable bonds is 2. The summed E-state index contributed by atoms with van der Waals surface area (Å²) in [5, 5.41) is 8.06. The van der Waals surface area contributed by atoms with E-state index in [0.717, 1.165) is 3.58 Å². The van der Waals surface area contributed by atoms with Gasteiger partial charge in [0.1, 0.15) is 0 Å². The summed E-state index contributed by atoms with van der Waals surface area (Å²) >= 11 is 2.13. The SMILES string of the molecule is C=C/C(I)=C\C=C\C#N. The maximum atomic E-state index is 8.06. The molecule has 0 N–H and O–H groups in total. The lowest BCUT2D eigenvalue weighted by Crippen LogP contribution is -1.55. The number of nitriles is 1. The first kappa shape index (κ1) is 8.44. The van der Waals surface area contributed by atoms with Crippen LogP contribution in [0, 0.1) is 11.3 Å². The van der Waals surface area contributed by atoms with Gasteiger partial charge in [0, 0.05) is 9.66 Å². The van der Waals surface area contributed by atoms with Gasteiger partial charge in [0.2, 0.25) is 0 Å². The molecule has 0 atom stereocenters. The lowest BCUT2D eigenvalue weighted by Gasteiger charge is -1.78. The van der Waals surface area contributed by atoms with Crippen molar-refractivity contribution in [1.29, 1.82) is 5.26 Å². The van der Waals surface area contributed by atoms with Crippen molar-refractivity contribution in [3.63, 3.8) is 0 Å². The lowest BCUT2D eigenvalue weighted by atomic mass is 10.4. The molecule has 1 nitrogen and oxygen atoms in total. The van der Waals surface area contributed by atoms with Crippen LogP contribution in [0.5, 0.6) is 0 Å². The molecule has 46 valence electrons. The van der Waals surface area contributed by atoms with Crippen LogP contribution in [0.15, 0.2) is 34.5 Å². The zero-order valence-electron chi connectivity index (χ0n) is 4.84. The van der Waals surface area contributed by atoms with E-state index < -0.39 is 0 Å². The van der Waals surface area contributed by atoms with E-state index in [-0.39, 0.29) is 0 Å². The maximum Gasteiger partial charge on any atom is 0.0912 e. The Bertz CT molecular complexity index is 184. The number of hydrogen-bond acceptors (Lipinski definition) is 1. The summed E-state index contributed by atoms with van der Waals surface area (Å²) in [6.45, 7) is 3.55. The van der Waals surface area contributed by atoms with E-state index in [0.29, 0.717) is 0 Å². The van der Waals surface area contributed by atoms with Gasteiger partial charge in [-0.3, -0.25) is 0 Å². The zero-order chi connectivity index (χ0) is 7.11. The number of halogens is 1. The van der Waals surface area contributed by atoms with E-state index >= 15 is 0 Å². The third kappa shape index (κ3) is 5.31. The molecule has 0 amide bonds. The highest BCUT2D eigenvalue weighted by molar-refractivity contribution is 14.1. The first-order valence-electron chi connectivity index (χ1n) is 2.35. The highest BCUT2D eigenvalue weighted by Crippen LogP contribution is 2.05. The molecule has 0 heterocycles. The zero-order valence-corrected chi connectivity index (χ0v) is 7.00. The molecule has 0 unspecified atom stereocenters. The van der Waals surface area contributed by atoms with Crippen molar-refractivity contribution in [1.82, 2.24) is 0 Å². The smallest absolute Gasteiger partial charge is 0.0912 e. The Hall–Kier alpha value is -0.560. The van der Waals surface area contributed by atoms with Crippen LogP contribution >= 0.6 is 22.6 Å². The Morgan fingerprint density at radius 1 is 1.67 bits per heavy atom. The second kappa shape index (κ2) is 5.57. The van der Waals surface area contributed by atoms with Gasteiger partial charge < -0.3 is 0 Å². The van der Waals surface area contributed by atoms with Gasteiger partial charge in [0.15, 0.2) is 0 Å². The van der Waals surface area contributed by atoms with Gasteiger partial charge in [-0.1, -0.05) is 18.7 Å². The molecule has 0 saturated carbocycles. The highest BCUT2D eigenvalue weighted by Gasteiger charge is 1.74. The largest absolute Gasteiger partial charge is 0.193 e. The van der Waals surface area contributed by atoms with Crippen molar-refractivity contribution in [2.75, 3.05) is 0 Å². The van der Waals surface area contributed by atoms with Crippen LogP contribution in [0.25, 0.3) is 0 Å². The molecule has 0 rings (SSSR count). The van der Waals surface area contributed by atoms with Gasteiger partial charge in [0.05, 0.1) is 6.07 Å². The first-order valence-corrected chi connectivity index (χ1v) is 3.43. The second-order valence-electron chi connectivity index (χ2n) is 1.24. The van der Waals surface area contributed by atoms with Crippen LogP contribution in [-0.2, 0) is 0 Å².